The zero-order valence-corrected chi connectivity index (χ0v) is 4.46. The number of hydrogen-bond acceptors (Lipinski definition) is 1. The summed E-state index contributed by atoms with van der Waals surface area (Å²) in [5.41, 5.74) is 0. The van der Waals surface area contributed by atoms with Crippen LogP contribution in [0.25, 0.3) is 0 Å². The average Bonchev–Trinajstić information content (AvgIpc) is 1.90. The summed E-state index contributed by atoms with van der Waals surface area (Å²) in [5.74, 6) is 0. The van der Waals surface area contributed by atoms with Crippen molar-refractivity contribution >= 4 is 8.41 Å². The molecule has 50 valence electrons. The van der Waals surface area contributed by atoms with Crippen molar-refractivity contribution in [2.75, 3.05) is 0 Å². The van der Waals surface area contributed by atoms with E-state index < -0.39 is 0 Å². The van der Waals surface area contributed by atoms with Crippen LogP contribution in [-0.4, -0.2) is 13.9 Å². The summed E-state index contributed by atoms with van der Waals surface area (Å²) in [5, 5.41) is 2.92. The second-order valence-electron chi connectivity index (χ2n) is 1.27. The van der Waals surface area contributed by atoms with Crippen LogP contribution < -0.4 is 5.32 Å². The predicted octanol–water partition coefficient (Wildman–Crippen LogP) is -0.835. The van der Waals surface area contributed by atoms with Crippen molar-refractivity contribution in [1.29, 1.82) is 0 Å². The van der Waals surface area contributed by atoms with Gasteiger partial charge in [-0.15, -0.1) is 0 Å². The molecule has 0 bridgehead atoms. The molecule has 0 aromatic carbocycles. The largest absolute Gasteiger partial charge is 0.412 e. The Kier molecular flexibility index (Phi) is 8.55. The molecule has 1 aliphatic rings. The molecule has 0 aliphatic carbocycles. The molecule has 3 heteroatoms. The molecular weight excluding hydrogens is 113 g/mol. The second kappa shape index (κ2) is 7.04. The Labute approximate surface area is 56.8 Å². The van der Waals surface area contributed by atoms with Crippen molar-refractivity contribution in [3.8, 4) is 0 Å². The van der Waals surface area contributed by atoms with Gasteiger partial charge in [-0.1, -0.05) is 12.2 Å². The van der Waals surface area contributed by atoms with E-state index in [4.69, 9.17) is 0 Å². The van der Waals surface area contributed by atoms with Crippen LogP contribution in [0.15, 0.2) is 36.7 Å². The van der Waals surface area contributed by atoms with Gasteiger partial charge >= 0.3 is 0 Å². The molecule has 0 amide bonds. The van der Waals surface area contributed by atoms with Crippen molar-refractivity contribution in [2.24, 2.45) is 0 Å². The van der Waals surface area contributed by atoms with E-state index in [0.29, 0.717) is 0 Å². The summed E-state index contributed by atoms with van der Waals surface area (Å²) in [4.78, 5) is 0. The molecule has 0 fully saturated rings. The van der Waals surface area contributed by atoms with Crippen LogP contribution in [-0.2, 0) is 0 Å². The molecule has 1 heterocycles. The quantitative estimate of drug-likeness (QED) is 0.421. The number of rotatable bonds is 0. The highest BCUT2D eigenvalue weighted by molar-refractivity contribution is 5.75. The first-order valence-electron chi connectivity index (χ1n) is 2.24. The van der Waals surface area contributed by atoms with E-state index in [1.165, 1.54) is 0 Å². The van der Waals surface area contributed by atoms with E-state index in [0.717, 1.165) is 0 Å². The van der Waals surface area contributed by atoms with Gasteiger partial charge in [0.25, 0.3) is 0 Å². The maximum Gasteiger partial charge on any atom is 0.0814 e. The molecule has 1 rings (SSSR count). The van der Waals surface area contributed by atoms with Crippen molar-refractivity contribution in [3.05, 3.63) is 36.7 Å². The Balaban J connectivity index is 0. The van der Waals surface area contributed by atoms with Crippen LogP contribution in [0.1, 0.15) is 0 Å². The van der Waals surface area contributed by atoms with Crippen LogP contribution in [0.5, 0.6) is 0 Å². The monoisotopic (exact) mass is 125 g/mol. The molecule has 3 N–H and O–H groups in total. The van der Waals surface area contributed by atoms with Gasteiger partial charge in [-0.05, 0) is 12.2 Å². The summed E-state index contributed by atoms with van der Waals surface area (Å²) in [7, 11) is 0. The van der Waals surface area contributed by atoms with Crippen LogP contribution in [0, 0.1) is 0 Å². The molecule has 0 radical (unpaired) electrons. The van der Waals surface area contributed by atoms with Crippen LogP contribution in [0.4, 0.5) is 0 Å². The lowest BCUT2D eigenvalue weighted by Gasteiger charge is -1.79. The van der Waals surface area contributed by atoms with Gasteiger partial charge < -0.3 is 10.8 Å². The van der Waals surface area contributed by atoms with Crippen molar-refractivity contribution in [1.82, 2.24) is 5.32 Å². The van der Waals surface area contributed by atoms with E-state index >= 15 is 0 Å². The van der Waals surface area contributed by atoms with E-state index in [2.05, 4.69) is 5.32 Å². The molecular formula is C6H12BNO. The Morgan fingerprint density at radius 2 is 1.22 bits per heavy atom. The van der Waals surface area contributed by atoms with Crippen molar-refractivity contribution in [3.63, 3.8) is 0 Å². The first-order valence-corrected chi connectivity index (χ1v) is 2.24. The lowest BCUT2D eigenvalue weighted by atomic mass is 10.5. The predicted molar refractivity (Wildman–Crippen MR) is 44.1 cm³/mol. The molecule has 2 nitrogen and oxygen atoms in total. The first-order chi connectivity index (χ1) is 3.50. The minimum absolute atomic E-state index is 0. The third-order valence-corrected chi connectivity index (χ3v) is 0.718. The summed E-state index contributed by atoms with van der Waals surface area (Å²) < 4.78 is 0. The van der Waals surface area contributed by atoms with Gasteiger partial charge in [0.1, 0.15) is 0 Å². The zero-order chi connectivity index (χ0) is 4.95. The lowest BCUT2D eigenvalue weighted by molar-refractivity contribution is 0.824. The highest BCUT2D eigenvalue weighted by Crippen LogP contribution is 1.81. The van der Waals surface area contributed by atoms with Crippen molar-refractivity contribution < 1.29 is 5.48 Å². The minimum Gasteiger partial charge on any atom is -0.412 e. The molecule has 1 aliphatic heterocycles. The van der Waals surface area contributed by atoms with Crippen LogP contribution in [0.2, 0.25) is 0 Å². The van der Waals surface area contributed by atoms with E-state index in [9.17, 15) is 0 Å². The number of nitrogens with one attached hydrogen (secondary N) is 1. The fourth-order valence-corrected chi connectivity index (χ4v) is 0.406. The number of allylic oxidation sites excluding steroid dienone is 4. The van der Waals surface area contributed by atoms with Crippen molar-refractivity contribution in [2.45, 2.75) is 0 Å². The van der Waals surface area contributed by atoms with Gasteiger partial charge in [0.2, 0.25) is 0 Å². The summed E-state index contributed by atoms with van der Waals surface area (Å²) in [6.45, 7) is 0. The third kappa shape index (κ3) is 4.91. The van der Waals surface area contributed by atoms with Gasteiger partial charge in [0.05, 0.1) is 8.41 Å². The van der Waals surface area contributed by atoms with Gasteiger partial charge in [0, 0.05) is 12.4 Å². The van der Waals surface area contributed by atoms with Gasteiger partial charge in [-0.2, -0.15) is 0 Å². The molecule has 0 unspecified atom stereocenters. The Morgan fingerprint density at radius 1 is 0.778 bits per heavy atom. The Hall–Kier alpha value is -0.955. The lowest BCUT2D eigenvalue weighted by Crippen LogP contribution is -1.87. The minimum atomic E-state index is 0. The highest BCUT2D eigenvalue weighted by atomic mass is 16.0. The Bertz CT molecular complexity index is 115. The smallest absolute Gasteiger partial charge is 0.0814 e. The van der Waals surface area contributed by atoms with E-state index in [1.54, 1.807) is 0 Å². The second-order valence-corrected chi connectivity index (χ2v) is 1.27. The standard InChI is InChI=1S/C6H7N.BH3.H2O/c1-2-4-6-7-5-3-1;;/h1-7H;1H3;1H2. The van der Waals surface area contributed by atoms with E-state index in [1.807, 2.05) is 36.7 Å². The summed E-state index contributed by atoms with van der Waals surface area (Å²) in [6, 6.07) is 0. The van der Waals surface area contributed by atoms with Crippen LogP contribution >= 0.6 is 0 Å². The Morgan fingerprint density at radius 3 is 1.67 bits per heavy atom. The molecule has 0 saturated heterocycles. The number of hydrogen-bond donors (Lipinski definition) is 1. The van der Waals surface area contributed by atoms with Crippen LogP contribution in [0.3, 0.4) is 0 Å². The summed E-state index contributed by atoms with van der Waals surface area (Å²) >= 11 is 0. The zero-order valence-electron chi connectivity index (χ0n) is 4.46. The molecule has 0 atom stereocenters. The highest BCUT2D eigenvalue weighted by Gasteiger charge is 1.67. The third-order valence-electron chi connectivity index (χ3n) is 0.718. The van der Waals surface area contributed by atoms with Gasteiger partial charge in [-0.3, -0.25) is 0 Å². The maximum absolute atomic E-state index is 2.92. The fraction of sp³-hybridized carbons (Fsp3) is 0. The topological polar surface area (TPSA) is 43.5 Å². The molecule has 0 spiro atoms. The summed E-state index contributed by atoms with van der Waals surface area (Å²) in [6.07, 6.45) is 11.6. The normalized spacial score (nSPS) is 12.4. The SMILES string of the molecule is B.C1=CC=CNC=C1.O. The van der Waals surface area contributed by atoms with Gasteiger partial charge in [0.15, 0.2) is 0 Å². The first kappa shape index (κ1) is 10.9. The molecule has 0 aromatic heterocycles. The fourth-order valence-electron chi connectivity index (χ4n) is 0.406. The average molecular weight is 125 g/mol. The van der Waals surface area contributed by atoms with E-state index in [-0.39, 0.29) is 13.9 Å². The molecule has 0 aromatic rings. The molecule has 0 saturated carbocycles. The van der Waals surface area contributed by atoms with Gasteiger partial charge in [-0.25, -0.2) is 0 Å². The maximum atomic E-state index is 2.92. The molecule has 9 heavy (non-hydrogen) atoms.